The molecule has 138 valence electrons. The quantitative estimate of drug-likeness (QED) is 0.653. The molecule has 6 nitrogen and oxygen atoms in total. The lowest BCUT2D eigenvalue weighted by molar-refractivity contribution is 0.156. The molecule has 2 aliphatic rings. The van der Waals surface area contributed by atoms with Gasteiger partial charge in [-0.3, -0.25) is 4.99 Å². The number of benzene rings is 1. The van der Waals surface area contributed by atoms with Crippen molar-refractivity contribution in [2.24, 2.45) is 10.4 Å². The zero-order valence-corrected chi connectivity index (χ0v) is 15.5. The van der Waals surface area contributed by atoms with Gasteiger partial charge in [0.2, 0.25) is 0 Å². The van der Waals surface area contributed by atoms with E-state index in [1.807, 2.05) is 31.3 Å². The maximum atomic E-state index is 5.97. The second kappa shape index (κ2) is 7.95. The Morgan fingerprint density at radius 1 is 1.40 bits per heavy atom. The molecule has 2 fully saturated rings. The van der Waals surface area contributed by atoms with Crippen molar-refractivity contribution in [3.8, 4) is 11.5 Å². The maximum Gasteiger partial charge on any atom is 0.193 e. The number of methoxy groups -OCH3 is 1. The van der Waals surface area contributed by atoms with E-state index in [4.69, 9.17) is 14.2 Å². The van der Waals surface area contributed by atoms with Crippen LogP contribution in [-0.2, 0) is 4.74 Å². The average Bonchev–Trinajstić information content (AvgIpc) is 3.26. The van der Waals surface area contributed by atoms with Crippen molar-refractivity contribution >= 4 is 5.96 Å². The summed E-state index contributed by atoms with van der Waals surface area (Å²) in [6, 6.07) is 7.68. The fraction of sp³-hybridized carbons (Fsp3) is 0.632. The molecule has 6 heteroatoms. The van der Waals surface area contributed by atoms with Crippen molar-refractivity contribution in [2.45, 2.75) is 25.9 Å². The number of hydrogen-bond donors (Lipinski definition) is 1. The Morgan fingerprint density at radius 3 is 2.96 bits per heavy atom. The van der Waals surface area contributed by atoms with Gasteiger partial charge < -0.3 is 24.4 Å². The van der Waals surface area contributed by atoms with Crippen LogP contribution < -0.4 is 14.8 Å². The largest absolute Gasteiger partial charge is 0.497 e. The Bertz CT molecular complexity index is 599. The molecule has 2 atom stereocenters. The van der Waals surface area contributed by atoms with E-state index < -0.39 is 0 Å². The highest BCUT2D eigenvalue weighted by Crippen LogP contribution is 2.38. The maximum absolute atomic E-state index is 5.97. The smallest absolute Gasteiger partial charge is 0.193 e. The molecule has 25 heavy (non-hydrogen) atoms. The third kappa shape index (κ3) is 4.37. The van der Waals surface area contributed by atoms with E-state index in [9.17, 15) is 0 Å². The first-order valence-corrected chi connectivity index (χ1v) is 8.98. The van der Waals surface area contributed by atoms with Crippen molar-refractivity contribution in [3.63, 3.8) is 0 Å². The molecular formula is C19H29N3O3. The molecule has 3 rings (SSSR count). The molecule has 1 aromatic rings. The van der Waals surface area contributed by atoms with Gasteiger partial charge in [-0.2, -0.15) is 0 Å². The number of nitrogens with zero attached hydrogens (tertiary/aromatic N) is 2. The van der Waals surface area contributed by atoms with Crippen molar-refractivity contribution in [3.05, 3.63) is 24.3 Å². The SMILES string of the molecule is CN=C(NCC(C)Oc1cccc(OC)c1)N1CCC2(CCOC2)C1. The highest BCUT2D eigenvalue weighted by Gasteiger charge is 2.42. The summed E-state index contributed by atoms with van der Waals surface area (Å²) in [5.41, 5.74) is 0.334. The zero-order chi connectivity index (χ0) is 17.7. The van der Waals surface area contributed by atoms with Gasteiger partial charge in [0.15, 0.2) is 5.96 Å². The predicted octanol–water partition coefficient (Wildman–Crippen LogP) is 2.15. The summed E-state index contributed by atoms with van der Waals surface area (Å²) in [6.45, 7) is 6.59. The average molecular weight is 347 g/mol. The Kier molecular flexibility index (Phi) is 5.68. The minimum absolute atomic E-state index is 0.0234. The Labute approximate surface area is 150 Å². The topological polar surface area (TPSA) is 55.3 Å². The van der Waals surface area contributed by atoms with Crippen LogP contribution in [0.25, 0.3) is 0 Å². The van der Waals surface area contributed by atoms with Gasteiger partial charge in [-0.25, -0.2) is 0 Å². The molecule has 2 aliphatic heterocycles. The molecule has 0 saturated carbocycles. The Balaban J connectivity index is 1.49. The van der Waals surface area contributed by atoms with Gasteiger partial charge in [-0.15, -0.1) is 0 Å². The standard InChI is InChI=1S/C19H29N3O3/c1-15(25-17-6-4-5-16(11-17)23-3)12-21-18(20-2)22-9-7-19(13-22)8-10-24-14-19/h4-6,11,15H,7-10,12-14H2,1-3H3,(H,20,21). The summed E-state index contributed by atoms with van der Waals surface area (Å²) in [5, 5.41) is 3.45. The third-order valence-electron chi connectivity index (χ3n) is 5.06. The summed E-state index contributed by atoms with van der Waals surface area (Å²) in [4.78, 5) is 6.79. The van der Waals surface area contributed by atoms with Crippen molar-refractivity contribution in [2.75, 3.05) is 47.0 Å². The number of ether oxygens (including phenoxy) is 3. The van der Waals surface area contributed by atoms with Crippen molar-refractivity contribution < 1.29 is 14.2 Å². The molecule has 0 radical (unpaired) electrons. The van der Waals surface area contributed by atoms with E-state index >= 15 is 0 Å². The highest BCUT2D eigenvalue weighted by molar-refractivity contribution is 5.80. The van der Waals surface area contributed by atoms with Gasteiger partial charge in [0.25, 0.3) is 0 Å². The van der Waals surface area contributed by atoms with Gasteiger partial charge in [-0.1, -0.05) is 6.07 Å². The molecule has 0 aromatic heterocycles. The molecule has 0 bridgehead atoms. The van der Waals surface area contributed by atoms with E-state index in [0.29, 0.717) is 12.0 Å². The number of guanidine groups is 1. The van der Waals surface area contributed by atoms with Crippen LogP contribution in [0.2, 0.25) is 0 Å². The van der Waals surface area contributed by atoms with Crippen LogP contribution in [0.3, 0.4) is 0 Å². The van der Waals surface area contributed by atoms with Gasteiger partial charge in [-0.05, 0) is 31.9 Å². The fourth-order valence-corrected chi connectivity index (χ4v) is 3.60. The molecule has 2 unspecified atom stereocenters. The minimum Gasteiger partial charge on any atom is -0.497 e. The molecule has 2 saturated heterocycles. The second-order valence-electron chi connectivity index (χ2n) is 7.01. The van der Waals surface area contributed by atoms with Gasteiger partial charge >= 0.3 is 0 Å². The lowest BCUT2D eigenvalue weighted by Gasteiger charge is -2.26. The van der Waals surface area contributed by atoms with E-state index in [0.717, 1.165) is 50.2 Å². The van der Waals surface area contributed by atoms with Gasteiger partial charge in [0.05, 0.1) is 20.3 Å². The molecule has 0 aliphatic carbocycles. The highest BCUT2D eigenvalue weighted by atomic mass is 16.5. The number of nitrogens with one attached hydrogen (secondary N) is 1. The number of likely N-dealkylation sites (tertiary alicyclic amines) is 1. The summed E-state index contributed by atoms with van der Waals surface area (Å²) < 4.78 is 16.8. The van der Waals surface area contributed by atoms with Crippen LogP contribution >= 0.6 is 0 Å². The fourth-order valence-electron chi connectivity index (χ4n) is 3.60. The normalized spacial score (nSPS) is 24.6. The zero-order valence-electron chi connectivity index (χ0n) is 15.5. The van der Waals surface area contributed by atoms with Gasteiger partial charge in [0, 0.05) is 38.2 Å². The first-order chi connectivity index (χ1) is 12.1. The van der Waals surface area contributed by atoms with Crippen LogP contribution in [0.4, 0.5) is 0 Å². The molecule has 0 amide bonds. The molecule has 2 heterocycles. The summed E-state index contributed by atoms with van der Waals surface area (Å²) in [7, 11) is 3.50. The number of rotatable bonds is 5. The van der Waals surface area contributed by atoms with Crippen LogP contribution in [0.15, 0.2) is 29.3 Å². The van der Waals surface area contributed by atoms with Gasteiger partial charge in [0.1, 0.15) is 17.6 Å². The predicted molar refractivity (Wildman–Crippen MR) is 98.5 cm³/mol. The lowest BCUT2D eigenvalue weighted by atomic mass is 9.87. The van der Waals surface area contributed by atoms with Crippen molar-refractivity contribution in [1.29, 1.82) is 0 Å². The third-order valence-corrected chi connectivity index (χ3v) is 5.06. The van der Waals surface area contributed by atoms with E-state index in [1.165, 1.54) is 6.42 Å². The van der Waals surface area contributed by atoms with E-state index in [2.05, 4.69) is 22.1 Å². The Morgan fingerprint density at radius 2 is 2.24 bits per heavy atom. The number of hydrogen-bond acceptors (Lipinski definition) is 4. The minimum atomic E-state index is 0.0234. The lowest BCUT2D eigenvalue weighted by Crippen LogP contribution is -2.44. The molecule has 1 N–H and O–H groups in total. The van der Waals surface area contributed by atoms with Crippen LogP contribution in [0.5, 0.6) is 11.5 Å². The monoisotopic (exact) mass is 347 g/mol. The molecular weight excluding hydrogens is 318 g/mol. The molecule has 1 spiro atoms. The summed E-state index contributed by atoms with van der Waals surface area (Å²) in [6.07, 6.45) is 2.37. The Hall–Kier alpha value is -1.95. The second-order valence-corrected chi connectivity index (χ2v) is 7.01. The van der Waals surface area contributed by atoms with Crippen LogP contribution in [-0.4, -0.2) is 64.0 Å². The number of aliphatic imine (C=N–C) groups is 1. The van der Waals surface area contributed by atoms with Crippen LogP contribution in [0, 0.1) is 5.41 Å². The molecule has 1 aromatic carbocycles. The first-order valence-electron chi connectivity index (χ1n) is 8.98. The summed E-state index contributed by atoms with van der Waals surface area (Å²) >= 11 is 0. The van der Waals surface area contributed by atoms with Crippen LogP contribution in [0.1, 0.15) is 19.8 Å². The van der Waals surface area contributed by atoms with Crippen molar-refractivity contribution in [1.82, 2.24) is 10.2 Å². The van der Waals surface area contributed by atoms with E-state index in [1.54, 1.807) is 7.11 Å². The summed E-state index contributed by atoms with van der Waals surface area (Å²) in [5.74, 6) is 2.56. The van der Waals surface area contributed by atoms with E-state index in [-0.39, 0.29) is 6.10 Å². The first kappa shape index (κ1) is 17.9.